The highest BCUT2D eigenvalue weighted by Gasteiger charge is 2.49. The second-order valence-corrected chi connectivity index (χ2v) is 9.92. The van der Waals surface area contributed by atoms with Crippen LogP contribution in [-0.4, -0.2) is 28.0 Å². The number of hydrogen-bond donors (Lipinski definition) is 1. The number of hydrogen-bond acceptors (Lipinski definition) is 3. The van der Waals surface area contributed by atoms with Crippen LogP contribution in [0.4, 0.5) is 5.69 Å². The Hall–Kier alpha value is -3.02. The fraction of sp³-hybridized carbons (Fsp3) is 0.462. The number of aryl methyl sites for hydroxylation is 2. The SMILES string of the molecule is Cc1ccc(C)c(N2C(=O)c3cc4occc4n3CC2(C)C(=O)NC2CCC(C)CC2)c1. The van der Waals surface area contributed by atoms with E-state index in [-0.39, 0.29) is 17.9 Å². The lowest BCUT2D eigenvalue weighted by Gasteiger charge is -2.45. The molecule has 3 heterocycles. The van der Waals surface area contributed by atoms with Crippen molar-refractivity contribution in [2.75, 3.05) is 4.90 Å². The summed E-state index contributed by atoms with van der Waals surface area (Å²) in [5.41, 5.74) is 3.82. The molecule has 0 radical (unpaired) electrons. The third-order valence-corrected chi connectivity index (χ3v) is 7.35. The quantitative estimate of drug-likeness (QED) is 0.634. The van der Waals surface area contributed by atoms with E-state index in [1.165, 1.54) is 0 Å². The first-order valence-corrected chi connectivity index (χ1v) is 11.6. The van der Waals surface area contributed by atoms with Gasteiger partial charge in [-0.15, -0.1) is 0 Å². The number of amides is 2. The molecule has 0 bridgehead atoms. The van der Waals surface area contributed by atoms with Crippen LogP contribution in [-0.2, 0) is 11.3 Å². The Labute approximate surface area is 188 Å². The van der Waals surface area contributed by atoms with Crippen molar-refractivity contribution in [1.29, 1.82) is 0 Å². The molecule has 2 aliphatic rings. The number of anilines is 1. The van der Waals surface area contributed by atoms with Gasteiger partial charge in [0.25, 0.3) is 5.91 Å². The summed E-state index contributed by atoms with van der Waals surface area (Å²) >= 11 is 0. The first kappa shape index (κ1) is 20.9. The van der Waals surface area contributed by atoms with Crippen molar-refractivity contribution in [3.63, 3.8) is 0 Å². The zero-order chi connectivity index (χ0) is 22.6. The fourth-order valence-corrected chi connectivity index (χ4v) is 5.30. The lowest BCUT2D eigenvalue weighted by Crippen LogP contribution is -2.65. The number of rotatable bonds is 3. The van der Waals surface area contributed by atoms with Crippen LogP contribution in [0.15, 0.2) is 41.0 Å². The van der Waals surface area contributed by atoms with Crippen molar-refractivity contribution < 1.29 is 14.0 Å². The molecule has 6 heteroatoms. The summed E-state index contributed by atoms with van der Waals surface area (Å²) in [6, 6.07) is 9.85. The van der Waals surface area contributed by atoms with Crippen molar-refractivity contribution in [3.05, 3.63) is 53.4 Å². The molecule has 0 spiro atoms. The zero-order valence-corrected chi connectivity index (χ0v) is 19.3. The Kier molecular flexibility index (Phi) is 4.91. The topological polar surface area (TPSA) is 67.5 Å². The van der Waals surface area contributed by atoms with Crippen LogP contribution in [0.25, 0.3) is 11.1 Å². The van der Waals surface area contributed by atoms with Crippen LogP contribution in [0.5, 0.6) is 0 Å². The maximum absolute atomic E-state index is 13.9. The first-order chi connectivity index (χ1) is 15.3. The van der Waals surface area contributed by atoms with Crippen LogP contribution in [0.2, 0.25) is 0 Å². The maximum atomic E-state index is 13.9. The summed E-state index contributed by atoms with van der Waals surface area (Å²) < 4.78 is 7.51. The molecule has 1 aromatic carbocycles. The van der Waals surface area contributed by atoms with Gasteiger partial charge in [-0.1, -0.05) is 19.1 Å². The number of fused-ring (bicyclic) bond motifs is 3. The average Bonchev–Trinajstić information content (AvgIpc) is 3.35. The lowest BCUT2D eigenvalue weighted by atomic mass is 9.86. The van der Waals surface area contributed by atoms with E-state index >= 15 is 0 Å². The number of carbonyl (C=O) groups excluding carboxylic acids is 2. The minimum absolute atomic E-state index is 0.0951. The minimum Gasteiger partial charge on any atom is -0.463 e. The fourth-order valence-electron chi connectivity index (χ4n) is 5.30. The van der Waals surface area contributed by atoms with Gasteiger partial charge < -0.3 is 14.3 Å². The highest BCUT2D eigenvalue weighted by atomic mass is 16.3. The molecule has 32 heavy (non-hydrogen) atoms. The molecule has 6 nitrogen and oxygen atoms in total. The Morgan fingerprint density at radius 2 is 1.88 bits per heavy atom. The monoisotopic (exact) mass is 433 g/mol. The summed E-state index contributed by atoms with van der Waals surface area (Å²) in [5, 5.41) is 3.30. The predicted octanol–water partition coefficient (Wildman–Crippen LogP) is 4.97. The van der Waals surface area contributed by atoms with Gasteiger partial charge in [0.1, 0.15) is 11.2 Å². The van der Waals surface area contributed by atoms with Gasteiger partial charge in [-0.3, -0.25) is 14.5 Å². The Balaban J connectivity index is 1.59. The summed E-state index contributed by atoms with van der Waals surface area (Å²) in [7, 11) is 0. The molecule has 1 fully saturated rings. The average molecular weight is 434 g/mol. The number of carbonyl (C=O) groups is 2. The molecule has 168 valence electrons. The van der Waals surface area contributed by atoms with E-state index < -0.39 is 5.54 Å². The Morgan fingerprint density at radius 3 is 2.62 bits per heavy atom. The van der Waals surface area contributed by atoms with Crippen LogP contribution in [0.1, 0.15) is 61.1 Å². The molecule has 2 aromatic heterocycles. The summed E-state index contributed by atoms with van der Waals surface area (Å²) in [6.45, 7) is 8.53. The zero-order valence-electron chi connectivity index (χ0n) is 19.3. The van der Waals surface area contributed by atoms with E-state index in [1.54, 1.807) is 17.2 Å². The first-order valence-electron chi connectivity index (χ1n) is 11.6. The second kappa shape index (κ2) is 7.54. The predicted molar refractivity (Wildman–Crippen MR) is 125 cm³/mol. The van der Waals surface area contributed by atoms with Gasteiger partial charge in [-0.25, -0.2) is 0 Å². The van der Waals surface area contributed by atoms with Gasteiger partial charge in [0.05, 0.1) is 18.3 Å². The van der Waals surface area contributed by atoms with Crippen molar-refractivity contribution in [1.82, 2.24) is 9.88 Å². The second-order valence-electron chi connectivity index (χ2n) is 9.92. The molecular formula is C26H31N3O3. The molecule has 1 N–H and O–H groups in total. The Bertz CT molecular complexity index is 1200. The van der Waals surface area contributed by atoms with Gasteiger partial charge in [0.15, 0.2) is 5.58 Å². The number of aromatic nitrogens is 1. The van der Waals surface area contributed by atoms with Crippen LogP contribution < -0.4 is 10.2 Å². The highest BCUT2D eigenvalue weighted by molar-refractivity contribution is 6.14. The molecule has 1 saturated carbocycles. The van der Waals surface area contributed by atoms with Crippen molar-refractivity contribution in [2.24, 2.45) is 5.92 Å². The largest absolute Gasteiger partial charge is 0.463 e. The van der Waals surface area contributed by atoms with Gasteiger partial charge in [-0.2, -0.15) is 0 Å². The summed E-state index contributed by atoms with van der Waals surface area (Å²) in [5.74, 6) is 0.437. The van der Waals surface area contributed by atoms with Crippen molar-refractivity contribution in [3.8, 4) is 0 Å². The van der Waals surface area contributed by atoms with Gasteiger partial charge >= 0.3 is 0 Å². The number of benzene rings is 1. The van der Waals surface area contributed by atoms with E-state index in [1.807, 2.05) is 49.6 Å². The van der Waals surface area contributed by atoms with E-state index in [9.17, 15) is 9.59 Å². The number of furan rings is 1. The number of nitrogens with one attached hydrogen (secondary N) is 1. The van der Waals surface area contributed by atoms with Crippen molar-refractivity contribution in [2.45, 2.75) is 71.5 Å². The smallest absolute Gasteiger partial charge is 0.276 e. The van der Waals surface area contributed by atoms with Crippen LogP contribution >= 0.6 is 0 Å². The highest BCUT2D eigenvalue weighted by Crippen LogP contribution is 2.38. The molecule has 1 unspecified atom stereocenters. The maximum Gasteiger partial charge on any atom is 0.276 e. The summed E-state index contributed by atoms with van der Waals surface area (Å²) in [4.78, 5) is 29.5. The van der Waals surface area contributed by atoms with Gasteiger partial charge in [0, 0.05) is 23.9 Å². The van der Waals surface area contributed by atoms with Crippen LogP contribution in [0.3, 0.4) is 0 Å². The van der Waals surface area contributed by atoms with E-state index in [0.29, 0.717) is 23.7 Å². The van der Waals surface area contributed by atoms with Gasteiger partial charge in [-0.05, 0) is 69.6 Å². The molecule has 1 aliphatic carbocycles. The third-order valence-electron chi connectivity index (χ3n) is 7.35. The molecule has 0 saturated heterocycles. The van der Waals surface area contributed by atoms with E-state index in [4.69, 9.17) is 4.42 Å². The van der Waals surface area contributed by atoms with E-state index in [2.05, 4.69) is 12.2 Å². The molecular weight excluding hydrogens is 402 g/mol. The minimum atomic E-state index is -1.06. The molecule has 5 rings (SSSR count). The summed E-state index contributed by atoms with van der Waals surface area (Å²) in [6.07, 6.45) is 5.85. The molecule has 2 amide bonds. The van der Waals surface area contributed by atoms with Gasteiger partial charge in [0.2, 0.25) is 5.91 Å². The van der Waals surface area contributed by atoms with E-state index in [0.717, 1.165) is 48.0 Å². The molecule has 1 atom stereocenters. The molecule has 1 aliphatic heterocycles. The molecule has 3 aromatic rings. The Morgan fingerprint density at radius 1 is 1.12 bits per heavy atom. The lowest BCUT2D eigenvalue weighted by molar-refractivity contribution is -0.127. The third kappa shape index (κ3) is 3.24. The standard InChI is InChI=1S/C26H31N3O3/c1-16-6-9-19(10-7-16)27-25(31)26(4)15-28-20-11-12-32-23(20)14-22(28)24(30)29(26)21-13-17(2)5-8-18(21)3/h5,8,11-14,16,19H,6-7,9-10,15H2,1-4H3,(H,27,31). The number of nitrogens with zero attached hydrogens (tertiary/aromatic N) is 2. The normalized spacial score (nSPS) is 25.8. The van der Waals surface area contributed by atoms with Crippen molar-refractivity contribution >= 4 is 28.6 Å². The van der Waals surface area contributed by atoms with Crippen LogP contribution in [0, 0.1) is 19.8 Å².